The SMILES string of the molecule is O=C1c2c(ccc(Cl)c2Cl)-n2c1nc1ccc(Cl)c(Cl)c1c2=O. The van der Waals surface area contributed by atoms with Gasteiger partial charge in [0.2, 0.25) is 5.78 Å². The van der Waals surface area contributed by atoms with Crippen LogP contribution in [0.2, 0.25) is 20.1 Å². The molecule has 0 N–H and O–H groups in total. The average Bonchev–Trinajstić information content (AvgIpc) is 2.81. The Kier molecular flexibility index (Phi) is 3.22. The maximum absolute atomic E-state index is 12.8. The van der Waals surface area contributed by atoms with Crippen LogP contribution in [-0.4, -0.2) is 15.3 Å². The van der Waals surface area contributed by atoms with Gasteiger partial charge in [-0.25, -0.2) is 4.98 Å². The number of nitrogens with zero attached hydrogens (tertiary/aromatic N) is 2. The zero-order valence-electron chi connectivity index (χ0n) is 11.0. The molecule has 3 aromatic rings. The van der Waals surface area contributed by atoms with Crippen molar-refractivity contribution in [3.63, 3.8) is 0 Å². The Morgan fingerprint density at radius 3 is 2.26 bits per heavy atom. The number of aromatic nitrogens is 2. The minimum Gasteiger partial charge on any atom is -0.285 e. The van der Waals surface area contributed by atoms with Gasteiger partial charge < -0.3 is 0 Å². The first kappa shape index (κ1) is 15.0. The molecule has 2 aromatic carbocycles. The van der Waals surface area contributed by atoms with E-state index >= 15 is 0 Å². The smallest absolute Gasteiger partial charge is 0.267 e. The Balaban J connectivity index is 2.22. The third-order valence-electron chi connectivity index (χ3n) is 3.67. The second kappa shape index (κ2) is 4.95. The van der Waals surface area contributed by atoms with Gasteiger partial charge in [-0.2, -0.15) is 0 Å². The maximum Gasteiger partial charge on any atom is 0.267 e. The summed E-state index contributed by atoms with van der Waals surface area (Å²) < 4.78 is 1.18. The van der Waals surface area contributed by atoms with Crippen molar-refractivity contribution in [2.45, 2.75) is 0 Å². The number of carbonyl (C=O) groups excluding carboxylic acids is 1. The summed E-state index contributed by atoms with van der Waals surface area (Å²) in [6.45, 7) is 0. The monoisotopic (exact) mass is 384 g/mol. The molecule has 4 rings (SSSR count). The number of halogens is 4. The lowest BCUT2D eigenvalue weighted by Gasteiger charge is -2.07. The molecule has 1 aliphatic heterocycles. The first-order chi connectivity index (χ1) is 10.9. The van der Waals surface area contributed by atoms with Crippen molar-refractivity contribution in [1.82, 2.24) is 9.55 Å². The van der Waals surface area contributed by atoms with Crippen LogP contribution in [0.5, 0.6) is 0 Å². The zero-order chi connectivity index (χ0) is 16.5. The van der Waals surface area contributed by atoms with Gasteiger partial charge in [0.15, 0.2) is 5.82 Å². The normalized spacial score (nSPS) is 12.6. The molecule has 4 nitrogen and oxygen atoms in total. The molecule has 0 atom stereocenters. The lowest BCUT2D eigenvalue weighted by Crippen LogP contribution is -2.21. The fraction of sp³-hybridized carbons (Fsp3) is 0. The molecule has 0 bridgehead atoms. The number of hydrogen-bond donors (Lipinski definition) is 0. The summed E-state index contributed by atoms with van der Waals surface area (Å²) in [5.74, 6) is -0.488. The molecular formula is C15H4Cl4N2O2. The molecule has 114 valence electrons. The summed E-state index contributed by atoms with van der Waals surface area (Å²) in [6.07, 6.45) is 0. The second-order valence-electron chi connectivity index (χ2n) is 4.92. The maximum atomic E-state index is 12.8. The van der Waals surface area contributed by atoms with Crippen LogP contribution in [0.3, 0.4) is 0 Å². The zero-order valence-corrected chi connectivity index (χ0v) is 14.1. The molecule has 2 heterocycles. The highest BCUT2D eigenvalue weighted by Crippen LogP contribution is 2.37. The van der Waals surface area contributed by atoms with Crippen molar-refractivity contribution in [3.05, 3.63) is 66.1 Å². The van der Waals surface area contributed by atoms with Crippen molar-refractivity contribution in [2.75, 3.05) is 0 Å². The molecule has 0 spiro atoms. The second-order valence-corrected chi connectivity index (χ2v) is 6.49. The van der Waals surface area contributed by atoms with Gasteiger partial charge in [-0.05, 0) is 24.3 Å². The van der Waals surface area contributed by atoms with E-state index in [-0.39, 0.29) is 36.9 Å². The lowest BCUT2D eigenvalue weighted by molar-refractivity contribution is 0.103. The standard InChI is InChI=1S/C15H4Cl4N2O2/c16-5-1-3-7-9(11(5)18)15(23)21-8-4-2-6(17)12(19)10(8)13(22)14(21)20-7/h1-4H. The molecule has 0 fully saturated rings. The molecule has 8 heteroatoms. The van der Waals surface area contributed by atoms with Gasteiger partial charge in [0, 0.05) is 0 Å². The molecule has 0 radical (unpaired) electrons. The fourth-order valence-electron chi connectivity index (χ4n) is 2.64. The molecule has 0 saturated carbocycles. The van der Waals surface area contributed by atoms with Gasteiger partial charge in [0.05, 0.1) is 42.2 Å². The van der Waals surface area contributed by atoms with Gasteiger partial charge >= 0.3 is 0 Å². The number of rotatable bonds is 0. The molecule has 0 aliphatic carbocycles. The Labute approximate surface area is 149 Å². The van der Waals surface area contributed by atoms with E-state index in [9.17, 15) is 9.59 Å². The van der Waals surface area contributed by atoms with Crippen molar-refractivity contribution in [3.8, 4) is 5.69 Å². The van der Waals surface area contributed by atoms with Crippen molar-refractivity contribution >= 4 is 63.1 Å². The number of fused-ring (bicyclic) bond motifs is 4. The summed E-state index contributed by atoms with van der Waals surface area (Å²) in [5.41, 5.74) is 0.290. The van der Waals surface area contributed by atoms with Gasteiger partial charge in [0.1, 0.15) is 0 Å². The minimum absolute atomic E-state index is 0.0277. The fourth-order valence-corrected chi connectivity index (χ4v) is 3.44. The van der Waals surface area contributed by atoms with E-state index in [0.717, 1.165) is 0 Å². The van der Waals surface area contributed by atoms with Gasteiger partial charge in [-0.15, -0.1) is 0 Å². The first-order valence-corrected chi connectivity index (χ1v) is 7.87. The van der Waals surface area contributed by atoms with E-state index in [1.807, 2.05) is 0 Å². The van der Waals surface area contributed by atoms with Gasteiger partial charge in [0.25, 0.3) is 5.56 Å². The third-order valence-corrected chi connectivity index (χ3v) is 5.28. The van der Waals surface area contributed by atoms with Crippen LogP contribution in [0.25, 0.3) is 16.6 Å². The number of hydrogen-bond acceptors (Lipinski definition) is 3. The number of benzene rings is 2. The summed E-state index contributed by atoms with van der Waals surface area (Å²) in [7, 11) is 0. The number of ketones is 1. The Hall–Kier alpha value is -1.59. The molecule has 0 amide bonds. The highest BCUT2D eigenvalue weighted by atomic mass is 35.5. The molecule has 1 aromatic heterocycles. The quantitative estimate of drug-likeness (QED) is 0.446. The van der Waals surface area contributed by atoms with Crippen molar-refractivity contribution in [2.24, 2.45) is 0 Å². The predicted octanol–water partition coefficient (Wildman–Crippen LogP) is 4.54. The van der Waals surface area contributed by atoms with E-state index < -0.39 is 11.3 Å². The Bertz CT molecular complexity index is 1110. The Morgan fingerprint density at radius 1 is 0.870 bits per heavy atom. The van der Waals surface area contributed by atoms with Crippen LogP contribution in [0.4, 0.5) is 0 Å². The summed E-state index contributed by atoms with van der Waals surface area (Å²) >= 11 is 24.2. The van der Waals surface area contributed by atoms with Crippen LogP contribution in [0, 0.1) is 0 Å². The topological polar surface area (TPSA) is 52.0 Å². The average molecular weight is 386 g/mol. The first-order valence-electron chi connectivity index (χ1n) is 6.35. The van der Waals surface area contributed by atoms with Crippen LogP contribution < -0.4 is 5.56 Å². The van der Waals surface area contributed by atoms with E-state index in [4.69, 9.17) is 46.4 Å². The summed E-state index contributed by atoms with van der Waals surface area (Å²) in [5, 5.41) is 0.794. The molecule has 0 unspecified atom stereocenters. The van der Waals surface area contributed by atoms with Crippen LogP contribution in [0.1, 0.15) is 16.2 Å². The van der Waals surface area contributed by atoms with Crippen molar-refractivity contribution in [1.29, 1.82) is 0 Å². The summed E-state index contributed by atoms with van der Waals surface area (Å²) in [4.78, 5) is 29.7. The summed E-state index contributed by atoms with van der Waals surface area (Å²) in [6, 6.07) is 6.12. The molecule has 1 aliphatic rings. The van der Waals surface area contributed by atoms with Crippen molar-refractivity contribution < 1.29 is 4.79 Å². The van der Waals surface area contributed by atoms with E-state index in [1.54, 1.807) is 6.07 Å². The largest absolute Gasteiger partial charge is 0.285 e. The number of carbonyl (C=O) groups is 1. The van der Waals surface area contributed by atoms with Crippen LogP contribution in [0.15, 0.2) is 29.1 Å². The molecule has 23 heavy (non-hydrogen) atoms. The van der Waals surface area contributed by atoms with Crippen LogP contribution in [-0.2, 0) is 0 Å². The highest BCUT2D eigenvalue weighted by molar-refractivity contribution is 6.46. The van der Waals surface area contributed by atoms with E-state index in [1.165, 1.54) is 22.8 Å². The van der Waals surface area contributed by atoms with Gasteiger partial charge in [-0.3, -0.25) is 14.2 Å². The Morgan fingerprint density at radius 2 is 1.52 bits per heavy atom. The minimum atomic E-state index is -0.483. The lowest BCUT2D eigenvalue weighted by atomic mass is 10.1. The molecule has 0 saturated heterocycles. The van der Waals surface area contributed by atoms with Gasteiger partial charge in [-0.1, -0.05) is 46.4 Å². The third kappa shape index (κ3) is 1.90. The molecular weight excluding hydrogens is 382 g/mol. The highest BCUT2D eigenvalue weighted by Gasteiger charge is 2.33. The van der Waals surface area contributed by atoms with E-state index in [2.05, 4.69) is 4.98 Å². The van der Waals surface area contributed by atoms with E-state index in [0.29, 0.717) is 11.2 Å². The predicted molar refractivity (Wildman–Crippen MR) is 90.8 cm³/mol. The van der Waals surface area contributed by atoms with Crippen LogP contribution >= 0.6 is 46.4 Å².